The first kappa shape index (κ1) is 13.4. The number of hydrogen-bond acceptors (Lipinski definition) is 2. The molecule has 2 bridgehead atoms. The number of fused-ring (bicyclic) bond motifs is 2. The van der Waals surface area contributed by atoms with Gasteiger partial charge in [0.1, 0.15) is 4.99 Å². The number of anilines is 1. The minimum atomic E-state index is 0.455. The minimum Gasteiger partial charge on any atom is -0.389 e. The van der Waals surface area contributed by atoms with Crippen LogP contribution < -0.4 is 11.1 Å². The van der Waals surface area contributed by atoms with Gasteiger partial charge < -0.3 is 11.1 Å². The van der Waals surface area contributed by atoms with Crippen molar-refractivity contribution in [1.82, 2.24) is 0 Å². The number of hydrogen-bond donors (Lipinski definition) is 2. The summed E-state index contributed by atoms with van der Waals surface area (Å²) in [5.74, 6) is 2.78. The topological polar surface area (TPSA) is 38.0 Å². The van der Waals surface area contributed by atoms with Gasteiger partial charge in [-0.2, -0.15) is 0 Å². The molecule has 0 aliphatic heterocycles. The monoisotopic (exact) mass is 338 g/mol. The summed E-state index contributed by atoms with van der Waals surface area (Å²) in [4.78, 5) is 0.455. The van der Waals surface area contributed by atoms with E-state index in [1.54, 1.807) is 0 Å². The highest BCUT2D eigenvalue weighted by atomic mass is 79.9. The first-order chi connectivity index (χ1) is 9.13. The van der Waals surface area contributed by atoms with Gasteiger partial charge in [0, 0.05) is 22.3 Å². The molecule has 19 heavy (non-hydrogen) atoms. The van der Waals surface area contributed by atoms with E-state index in [9.17, 15) is 0 Å². The zero-order valence-electron chi connectivity index (χ0n) is 10.9. The number of rotatable bonds is 4. The summed E-state index contributed by atoms with van der Waals surface area (Å²) in [7, 11) is 0. The lowest BCUT2D eigenvalue weighted by Crippen LogP contribution is -2.21. The van der Waals surface area contributed by atoms with Crippen molar-refractivity contribution in [1.29, 1.82) is 0 Å². The van der Waals surface area contributed by atoms with Gasteiger partial charge in [-0.3, -0.25) is 0 Å². The smallest absolute Gasteiger partial charge is 0.106 e. The number of nitrogens with one attached hydrogen (secondary N) is 1. The van der Waals surface area contributed by atoms with Gasteiger partial charge in [0.2, 0.25) is 0 Å². The van der Waals surface area contributed by atoms with Crippen LogP contribution in [0.3, 0.4) is 0 Å². The Balaban J connectivity index is 1.68. The van der Waals surface area contributed by atoms with Crippen molar-refractivity contribution in [3.05, 3.63) is 28.2 Å². The first-order valence-corrected chi connectivity index (χ1v) is 8.17. The van der Waals surface area contributed by atoms with Crippen LogP contribution in [0.5, 0.6) is 0 Å². The van der Waals surface area contributed by atoms with Crippen LogP contribution in [0.25, 0.3) is 0 Å². The van der Waals surface area contributed by atoms with E-state index in [2.05, 4.69) is 27.3 Å². The Kier molecular flexibility index (Phi) is 3.81. The van der Waals surface area contributed by atoms with Crippen LogP contribution in [0.15, 0.2) is 22.7 Å². The second-order valence-electron chi connectivity index (χ2n) is 5.87. The molecule has 0 radical (unpaired) electrons. The van der Waals surface area contributed by atoms with Crippen molar-refractivity contribution in [2.75, 3.05) is 11.9 Å². The molecule has 1 aromatic carbocycles. The van der Waals surface area contributed by atoms with Crippen molar-refractivity contribution < 1.29 is 0 Å². The van der Waals surface area contributed by atoms with Gasteiger partial charge in [-0.1, -0.05) is 34.6 Å². The Morgan fingerprint density at radius 3 is 2.84 bits per heavy atom. The molecule has 2 aliphatic rings. The van der Waals surface area contributed by atoms with Crippen LogP contribution in [0, 0.1) is 17.8 Å². The molecular formula is C15H19BrN2S. The van der Waals surface area contributed by atoms with E-state index >= 15 is 0 Å². The number of benzene rings is 1. The van der Waals surface area contributed by atoms with Gasteiger partial charge in [0.25, 0.3) is 0 Å². The third-order valence-corrected chi connectivity index (χ3v) is 5.40. The zero-order chi connectivity index (χ0) is 13.4. The lowest BCUT2D eigenvalue weighted by Gasteiger charge is -2.23. The van der Waals surface area contributed by atoms with Crippen LogP contribution in [-0.4, -0.2) is 11.5 Å². The molecule has 2 nitrogen and oxygen atoms in total. The maximum atomic E-state index is 5.80. The van der Waals surface area contributed by atoms with Crippen LogP contribution in [0.1, 0.15) is 31.2 Å². The third-order valence-electron chi connectivity index (χ3n) is 4.69. The second kappa shape index (κ2) is 5.41. The van der Waals surface area contributed by atoms with Crippen molar-refractivity contribution in [2.45, 2.75) is 25.7 Å². The molecule has 3 N–H and O–H groups in total. The molecule has 0 amide bonds. The van der Waals surface area contributed by atoms with Crippen molar-refractivity contribution in [2.24, 2.45) is 23.5 Å². The van der Waals surface area contributed by atoms with Gasteiger partial charge >= 0.3 is 0 Å². The van der Waals surface area contributed by atoms with E-state index in [4.69, 9.17) is 18.0 Å². The Morgan fingerprint density at radius 1 is 1.37 bits per heavy atom. The summed E-state index contributed by atoms with van der Waals surface area (Å²) in [5, 5.41) is 3.56. The average molecular weight is 339 g/mol. The van der Waals surface area contributed by atoms with E-state index in [1.807, 2.05) is 12.1 Å². The van der Waals surface area contributed by atoms with Gasteiger partial charge in [0.15, 0.2) is 0 Å². The van der Waals surface area contributed by atoms with E-state index in [-0.39, 0.29) is 0 Å². The predicted octanol–water partition coefficient (Wildman–Crippen LogP) is 3.93. The highest BCUT2D eigenvalue weighted by molar-refractivity contribution is 9.10. The van der Waals surface area contributed by atoms with Gasteiger partial charge in [-0.25, -0.2) is 0 Å². The molecule has 0 saturated heterocycles. The molecule has 2 aliphatic carbocycles. The number of halogens is 1. The van der Waals surface area contributed by atoms with Crippen LogP contribution >= 0.6 is 28.1 Å². The van der Waals surface area contributed by atoms with Gasteiger partial charge in [-0.15, -0.1) is 0 Å². The number of nitrogens with two attached hydrogens (primary N) is 1. The summed E-state index contributed by atoms with van der Waals surface area (Å²) in [6.45, 7) is 1.05. The Bertz CT molecular complexity index is 503. The fourth-order valence-corrected chi connectivity index (χ4v) is 4.27. The van der Waals surface area contributed by atoms with Crippen molar-refractivity contribution in [3.8, 4) is 0 Å². The molecule has 0 heterocycles. The summed E-state index contributed by atoms with van der Waals surface area (Å²) in [6.07, 6.45) is 5.74. The summed E-state index contributed by atoms with van der Waals surface area (Å²) < 4.78 is 1.01. The van der Waals surface area contributed by atoms with E-state index in [0.717, 1.165) is 40.0 Å². The minimum absolute atomic E-state index is 0.455. The molecule has 102 valence electrons. The molecule has 3 atom stereocenters. The van der Waals surface area contributed by atoms with Gasteiger partial charge in [0.05, 0.1) is 0 Å². The molecule has 4 heteroatoms. The molecule has 3 unspecified atom stereocenters. The Labute approximate surface area is 128 Å². The van der Waals surface area contributed by atoms with E-state index in [0.29, 0.717) is 4.99 Å². The first-order valence-electron chi connectivity index (χ1n) is 6.96. The van der Waals surface area contributed by atoms with Crippen molar-refractivity contribution >= 4 is 38.8 Å². The Hall–Kier alpha value is -0.610. The Morgan fingerprint density at radius 2 is 2.21 bits per heavy atom. The average Bonchev–Trinajstić information content (AvgIpc) is 2.99. The lowest BCUT2D eigenvalue weighted by molar-refractivity contribution is 0.348. The summed E-state index contributed by atoms with van der Waals surface area (Å²) in [6, 6.07) is 6.09. The van der Waals surface area contributed by atoms with E-state index < -0.39 is 0 Å². The van der Waals surface area contributed by atoms with Gasteiger partial charge in [-0.05, 0) is 55.2 Å². The van der Waals surface area contributed by atoms with Crippen LogP contribution in [0.4, 0.5) is 5.69 Å². The maximum Gasteiger partial charge on any atom is 0.106 e. The summed E-state index contributed by atoms with van der Waals surface area (Å²) >= 11 is 8.59. The maximum absolute atomic E-state index is 5.80. The molecular weight excluding hydrogens is 320 g/mol. The standard InChI is InChI=1S/C15H19BrN2S/c16-12-3-4-14(13(7-12)15(17)19)18-8-11-6-9-1-2-10(11)5-9/h3-4,7,9-11,18H,1-2,5-6,8H2,(H2,17,19). The molecule has 0 aromatic heterocycles. The van der Waals surface area contributed by atoms with Crippen LogP contribution in [0.2, 0.25) is 0 Å². The second-order valence-corrected chi connectivity index (χ2v) is 7.23. The molecule has 3 rings (SSSR count). The largest absolute Gasteiger partial charge is 0.389 e. The fourth-order valence-electron chi connectivity index (χ4n) is 3.74. The fraction of sp³-hybridized carbons (Fsp3) is 0.533. The zero-order valence-corrected chi connectivity index (χ0v) is 13.3. The molecule has 2 saturated carbocycles. The molecule has 0 spiro atoms. The van der Waals surface area contributed by atoms with E-state index in [1.165, 1.54) is 25.7 Å². The highest BCUT2D eigenvalue weighted by Crippen LogP contribution is 2.48. The van der Waals surface area contributed by atoms with Crippen LogP contribution in [-0.2, 0) is 0 Å². The molecule has 1 aromatic rings. The summed E-state index contributed by atoms with van der Waals surface area (Å²) in [5.41, 5.74) is 7.80. The highest BCUT2D eigenvalue weighted by Gasteiger charge is 2.39. The predicted molar refractivity (Wildman–Crippen MR) is 87.5 cm³/mol. The SMILES string of the molecule is NC(=S)c1cc(Br)ccc1NCC1CC2CCC1C2. The number of thiocarbonyl (C=S) groups is 1. The molecule has 2 fully saturated rings. The van der Waals surface area contributed by atoms with Crippen molar-refractivity contribution in [3.63, 3.8) is 0 Å². The third kappa shape index (κ3) is 2.79. The normalized spacial score (nSPS) is 28.6. The lowest BCUT2D eigenvalue weighted by atomic mass is 9.89. The quantitative estimate of drug-likeness (QED) is 0.817.